The summed E-state index contributed by atoms with van der Waals surface area (Å²) in [5.41, 5.74) is 0.407. The summed E-state index contributed by atoms with van der Waals surface area (Å²) in [4.78, 5) is 26.3. The Morgan fingerprint density at radius 1 is 1.17 bits per heavy atom. The van der Waals surface area contributed by atoms with Crippen LogP contribution in [0.3, 0.4) is 0 Å². The van der Waals surface area contributed by atoms with Gasteiger partial charge in [-0.05, 0) is 37.7 Å². The van der Waals surface area contributed by atoms with Crippen molar-refractivity contribution in [2.75, 3.05) is 31.6 Å². The second-order valence-corrected chi connectivity index (χ2v) is 7.43. The van der Waals surface area contributed by atoms with E-state index in [9.17, 15) is 22.8 Å². The number of hydrogen-bond donors (Lipinski definition) is 1. The number of likely N-dealkylation sites (tertiary alicyclic amines) is 1. The molecular weight excluding hydrogens is 399 g/mol. The van der Waals surface area contributed by atoms with Crippen molar-refractivity contribution in [3.05, 3.63) is 23.5 Å². The molecule has 10 heteroatoms. The highest BCUT2D eigenvalue weighted by atomic mass is 19.3. The van der Waals surface area contributed by atoms with Crippen LogP contribution in [-0.2, 0) is 11.8 Å². The Labute approximate surface area is 172 Å². The number of rotatable bonds is 2. The quantitative estimate of drug-likeness (QED) is 0.802. The molecule has 0 spiro atoms. The van der Waals surface area contributed by atoms with Crippen LogP contribution in [0.4, 0.5) is 23.8 Å². The molecule has 7 nitrogen and oxygen atoms in total. The van der Waals surface area contributed by atoms with Crippen LogP contribution in [0.5, 0.6) is 0 Å². The van der Waals surface area contributed by atoms with Gasteiger partial charge in [-0.15, -0.1) is 0 Å². The Morgan fingerprint density at radius 2 is 1.87 bits per heavy atom. The first-order valence-electron chi connectivity index (χ1n) is 10.0. The summed E-state index contributed by atoms with van der Waals surface area (Å²) in [5.74, 6) is -5.20. The summed E-state index contributed by atoms with van der Waals surface area (Å²) >= 11 is 0. The summed E-state index contributed by atoms with van der Waals surface area (Å²) in [6.07, 6.45) is 0.249. The van der Waals surface area contributed by atoms with Gasteiger partial charge in [0.2, 0.25) is 5.91 Å². The van der Waals surface area contributed by atoms with Gasteiger partial charge in [-0.25, -0.2) is 18.0 Å². The number of urea groups is 1. The van der Waals surface area contributed by atoms with Crippen molar-refractivity contribution in [3.8, 4) is 0 Å². The molecule has 30 heavy (non-hydrogen) atoms. The van der Waals surface area contributed by atoms with E-state index >= 15 is 0 Å². The molecule has 2 saturated heterocycles. The molecule has 1 aromatic carbocycles. The summed E-state index contributed by atoms with van der Waals surface area (Å²) in [7, 11) is 3.22. The van der Waals surface area contributed by atoms with Crippen LogP contribution in [0.1, 0.15) is 38.2 Å². The molecule has 0 radical (unpaired) electrons. The number of aromatic nitrogens is 2. The zero-order chi connectivity index (χ0) is 22.2. The van der Waals surface area contributed by atoms with E-state index in [1.165, 1.54) is 20.5 Å². The molecule has 2 aliphatic rings. The minimum atomic E-state index is -3.05. The van der Waals surface area contributed by atoms with Crippen LogP contribution < -0.4 is 10.2 Å². The van der Waals surface area contributed by atoms with E-state index in [-0.39, 0.29) is 36.7 Å². The van der Waals surface area contributed by atoms with Crippen molar-refractivity contribution in [1.29, 1.82) is 0 Å². The minimum absolute atomic E-state index is 0.0431. The van der Waals surface area contributed by atoms with E-state index in [1.54, 1.807) is 14.1 Å². The van der Waals surface area contributed by atoms with Crippen LogP contribution in [-0.4, -0.2) is 59.2 Å². The molecule has 2 aliphatic heterocycles. The Morgan fingerprint density at radius 3 is 2.50 bits per heavy atom. The number of alkyl halides is 2. The molecule has 4 rings (SSSR count). The van der Waals surface area contributed by atoms with E-state index in [0.717, 1.165) is 6.07 Å². The molecule has 1 unspecified atom stereocenters. The number of imide groups is 1. The molecule has 164 valence electrons. The first kappa shape index (κ1) is 22.1. The van der Waals surface area contributed by atoms with Crippen molar-refractivity contribution in [3.63, 3.8) is 0 Å². The van der Waals surface area contributed by atoms with Crippen LogP contribution in [0.25, 0.3) is 10.9 Å². The molecule has 3 amide bonds. The van der Waals surface area contributed by atoms with Crippen LogP contribution in [0.2, 0.25) is 0 Å². The fraction of sp³-hybridized carbons (Fsp3) is 0.550. The number of hydrogen-bond acceptors (Lipinski definition) is 4. The summed E-state index contributed by atoms with van der Waals surface area (Å²) in [6, 6.07) is 1.92. The van der Waals surface area contributed by atoms with E-state index in [0.29, 0.717) is 17.4 Å². The monoisotopic (exact) mass is 425 g/mol. The van der Waals surface area contributed by atoms with Crippen LogP contribution in [0, 0.1) is 5.82 Å². The third kappa shape index (κ3) is 3.88. The molecule has 0 bridgehead atoms. The standard InChI is InChI=1S/C18H20F3N5O2.C2H6/c1-24-5-3-12(18(20,21)9-24)10-8-14-11(7-13(10)19)16(23-25(14)2)26-6-4-15(27)22-17(26)28;1-2/h7-8,12H,3-6,9H2,1-2H3,(H,22,27,28);1-2H3. The fourth-order valence-corrected chi connectivity index (χ4v) is 4.00. The maximum Gasteiger partial charge on any atom is 0.329 e. The van der Waals surface area contributed by atoms with Crippen LogP contribution >= 0.6 is 0 Å². The van der Waals surface area contributed by atoms with Crippen molar-refractivity contribution < 1.29 is 22.8 Å². The van der Waals surface area contributed by atoms with Gasteiger partial charge >= 0.3 is 6.03 Å². The van der Waals surface area contributed by atoms with Crippen molar-refractivity contribution in [2.24, 2.45) is 7.05 Å². The molecule has 3 heterocycles. The normalized spacial score (nSPS) is 22.0. The Hall–Kier alpha value is -2.62. The second-order valence-electron chi connectivity index (χ2n) is 7.43. The number of halogens is 3. The number of aryl methyl sites for hydroxylation is 1. The highest BCUT2D eigenvalue weighted by molar-refractivity contribution is 6.08. The van der Waals surface area contributed by atoms with Gasteiger partial charge in [-0.1, -0.05) is 13.8 Å². The van der Waals surface area contributed by atoms with Crippen molar-refractivity contribution in [1.82, 2.24) is 20.0 Å². The molecule has 1 aromatic heterocycles. The number of anilines is 1. The topological polar surface area (TPSA) is 70.5 Å². The molecule has 0 aliphatic carbocycles. The third-order valence-corrected chi connectivity index (χ3v) is 5.42. The van der Waals surface area contributed by atoms with E-state index in [4.69, 9.17) is 0 Å². The number of carbonyl (C=O) groups is 2. The Kier molecular flexibility index (Phi) is 6.07. The highest BCUT2D eigenvalue weighted by Gasteiger charge is 2.45. The lowest BCUT2D eigenvalue weighted by Gasteiger charge is -2.36. The second kappa shape index (κ2) is 8.25. The lowest BCUT2D eigenvalue weighted by atomic mass is 9.85. The van der Waals surface area contributed by atoms with Gasteiger partial charge in [0.1, 0.15) is 5.82 Å². The number of fused-ring (bicyclic) bond motifs is 1. The van der Waals surface area contributed by atoms with Gasteiger partial charge in [0.05, 0.1) is 18.0 Å². The lowest BCUT2D eigenvalue weighted by Crippen LogP contribution is -2.49. The maximum absolute atomic E-state index is 14.9. The first-order valence-corrected chi connectivity index (χ1v) is 10.0. The van der Waals surface area contributed by atoms with Crippen molar-refractivity contribution in [2.45, 2.75) is 38.5 Å². The largest absolute Gasteiger partial charge is 0.329 e. The molecule has 2 aromatic rings. The molecule has 0 saturated carbocycles. The summed E-state index contributed by atoms with van der Waals surface area (Å²) in [6.45, 7) is 4.15. The number of carbonyl (C=O) groups excluding carboxylic acids is 2. The Balaban J connectivity index is 0.00000124. The zero-order valence-electron chi connectivity index (χ0n) is 17.5. The van der Waals surface area contributed by atoms with Gasteiger partial charge in [-0.3, -0.25) is 19.7 Å². The summed E-state index contributed by atoms with van der Waals surface area (Å²) < 4.78 is 45.4. The molecule has 1 atom stereocenters. The number of piperidine rings is 1. The number of nitrogens with zero attached hydrogens (tertiary/aromatic N) is 4. The fourth-order valence-electron chi connectivity index (χ4n) is 4.00. The Bertz CT molecular complexity index is 975. The predicted molar refractivity (Wildman–Crippen MR) is 107 cm³/mol. The van der Waals surface area contributed by atoms with Crippen molar-refractivity contribution >= 4 is 28.7 Å². The highest BCUT2D eigenvalue weighted by Crippen LogP contribution is 2.42. The van der Waals surface area contributed by atoms with Gasteiger partial charge in [0.25, 0.3) is 5.92 Å². The van der Waals surface area contributed by atoms with E-state index < -0.39 is 30.2 Å². The SMILES string of the molecule is CC.CN1CCC(c2cc3c(cc2F)c(N2CCC(=O)NC2=O)nn3C)C(F)(F)C1. The smallest absolute Gasteiger partial charge is 0.301 e. The van der Waals surface area contributed by atoms with Crippen LogP contribution in [0.15, 0.2) is 12.1 Å². The molecular formula is C20H26F3N5O2. The predicted octanol–water partition coefficient (Wildman–Crippen LogP) is 3.24. The third-order valence-electron chi connectivity index (χ3n) is 5.42. The molecule has 2 fully saturated rings. The zero-order valence-corrected chi connectivity index (χ0v) is 17.5. The molecule has 1 N–H and O–H groups in total. The van der Waals surface area contributed by atoms with Gasteiger partial charge in [0.15, 0.2) is 5.82 Å². The number of benzene rings is 1. The van der Waals surface area contributed by atoms with Gasteiger partial charge < -0.3 is 4.90 Å². The first-order chi connectivity index (χ1) is 14.2. The van der Waals surface area contributed by atoms with E-state index in [2.05, 4.69) is 10.4 Å². The average molecular weight is 425 g/mol. The summed E-state index contributed by atoms with van der Waals surface area (Å²) in [5, 5.41) is 6.81. The van der Waals surface area contributed by atoms with E-state index in [1.807, 2.05) is 13.8 Å². The van der Waals surface area contributed by atoms with Gasteiger partial charge in [0, 0.05) is 25.4 Å². The number of amides is 3. The minimum Gasteiger partial charge on any atom is -0.301 e. The van der Waals surface area contributed by atoms with Gasteiger partial charge in [-0.2, -0.15) is 5.10 Å². The number of nitrogens with one attached hydrogen (secondary N) is 1. The average Bonchev–Trinajstić information content (AvgIpc) is 2.98. The lowest BCUT2D eigenvalue weighted by molar-refractivity contribution is -0.120. The maximum atomic E-state index is 14.9.